The number of fused-ring (bicyclic) bond motifs is 1. The third-order valence-electron chi connectivity index (χ3n) is 4.89. The van der Waals surface area contributed by atoms with Gasteiger partial charge in [-0.3, -0.25) is 14.9 Å². The Bertz CT molecular complexity index is 933. The lowest BCUT2D eigenvalue weighted by molar-refractivity contribution is 0.0925. The van der Waals surface area contributed by atoms with E-state index in [-0.39, 0.29) is 12.5 Å². The molecule has 1 aliphatic rings. The maximum Gasteiger partial charge on any atom is 0.414 e. The van der Waals surface area contributed by atoms with Gasteiger partial charge in [0.15, 0.2) is 0 Å². The van der Waals surface area contributed by atoms with E-state index in [4.69, 9.17) is 4.74 Å². The van der Waals surface area contributed by atoms with Gasteiger partial charge in [-0.1, -0.05) is 6.07 Å². The van der Waals surface area contributed by atoms with Crippen LogP contribution in [-0.4, -0.2) is 24.5 Å². The summed E-state index contributed by atoms with van der Waals surface area (Å²) in [5.74, 6) is -0.805. The summed E-state index contributed by atoms with van der Waals surface area (Å²) in [6.45, 7) is 5.79. The number of aryl methyl sites for hydroxylation is 3. The van der Waals surface area contributed by atoms with Crippen molar-refractivity contribution in [3.8, 4) is 0 Å². The van der Waals surface area contributed by atoms with Crippen molar-refractivity contribution >= 4 is 34.2 Å². The molecule has 3 amide bonds. The highest BCUT2D eigenvalue weighted by molar-refractivity contribution is 7.17. The molecule has 0 aliphatic heterocycles. The minimum Gasteiger partial charge on any atom is -0.450 e. The minimum atomic E-state index is -0.783. The van der Waals surface area contributed by atoms with E-state index in [0.29, 0.717) is 16.1 Å². The molecule has 0 fully saturated rings. The molecule has 1 heterocycles. The highest BCUT2D eigenvalue weighted by Crippen LogP contribution is 2.38. The van der Waals surface area contributed by atoms with Gasteiger partial charge in [-0.15, -0.1) is 11.3 Å². The summed E-state index contributed by atoms with van der Waals surface area (Å²) in [5, 5.41) is 5.63. The van der Waals surface area contributed by atoms with Crippen molar-refractivity contribution in [1.29, 1.82) is 0 Å². The first kappa shape index (κ1) is 20.1. The van der Waals surface area contributed by atoms with Crippen LogP contribution in [-0.2, 0) is 17.6 Å². The zero-order valence-electron chi connectivity index (χ0n) is 16.3. The van der Waals surface area contributed by atoms with Crippen molar-refractivity contribution in [2.24, 2.45) is 0 Å². The third-order valence-corrected chi connectivity index (χ3v) is 6.09. The summed E-state index contributed by atoms with van der Waals surface area (Å²) >= 11 is 1.42. The van der Waals surface area contributed by atoms with E-state index in [1.54, 1.807) is 13.0 Å². The fraction of sp³-hybridized carbons (Fsp3) is 0.381. The van der Waals surface area contributed by atoms with Crippen LogP contribution >= 0.6 is 11.3 Å². The maximum atomic E-state index is 12.8. The van der Waals surface area contributed by atoms with Crippen LogP contribution in [0.3, 0.4) is 0 Å². The molecule has 0 bridgehead atoms. The second-order valence-electron chi connectivity index (χ2n) is 6.84. The number of carbonyl (C=O) groups excluding carboxylic acids is 3. The van der Waals surface area contributed by atoms with Gasteiger partial charge < -0.3 is 10.1 Å². The second kappa shape index (κ2) is 8.56. The van der Waals surface area contributed by atoms with Crippen LogP contribution in [0.25, 0.3) is 0 Å². The summed E-state index contributed by atoms with van der Waals surface area (Å²) in [6.07, 6.45) is 2.89. The lowest BCUT2D eigenvalue weighted by Gasteiger charge is -2.13. The Labute approximate surface area is 168 Å². The zero-order valence-corrected chi connectivity index (χ0v) is 17.1. The van der Waals surface area contributed by atoms with E-state index < -0.39 is 12.0 Å². The highest BCUT2D eigenvalue weighted by atomic mass is 32.1. The lowest BCUT2D eigenvalue weighted by Crippen LogP contribution is -2.32. The average molecular weight is 401 g/mol. The van der Waals surface area contributed by atoms with E-state index in [1.807, 2.05) is 26.0 Å². The molecule has 3 rings (SSSR count). The van der Waals surface area contributed by atoms with E-state index in [1.165, 1.54) is 11.3 Å². The summed E-state index contributed by atoms with van der Waals surface area (Å²) in [6, 6.07) is 5.50. The first-order chi connectivity index (χ1) is 13.4. The van der Waals surface area contributed by atoms with Crippen LogP contribution in [0, 0.1) is 13.8 Å². The Morgan fingerprint density at radius 3 is 2.54 bits per heavy atom. The Kier molecular flexibility index (Phi) is 6.14. The molecule has 1 aliphatic carbocycles. The molecule has 0 atom stereocenters. The topological polar surface area (TPSA) is 84.5 Å². The Hall–Kier alpha value is -2.67. The van der Waals surface area contributed by atoms with Gasteiger partial charge in [0.25, 0.3) is 11.8 Å². The maximum absolute atomic E-state index is 12.8. The molecule has 148 valence electrons. The summed E-state index contributed by atoms with van der Waals surface area (Å²) < 4.78 is 4.81. The normalized spacial score (nSPS) is 12.8. The van der Waals surface area contributed by atoms with Gasteiger partial charge in [0.1, 0.15) is 5.00 Å². The van der Waals surface area contributed by atoms with Gasteiger partial charge in [-0.05, 0) is 75.3 Å². The number of thiophene rings is 1. The van der Waals surface area contributed by atoms with E-state index in [0.717, 1.165) is 47.3 Å². The minimum absolute atomic E-state index is 0.178. The number of ether oxygens (including phenoxy) is 1. The molecule has 2 aromatic rings. The standard InChI is InChI=1S/C21H24N2O4S/c1-4-27-21(26)23-19(25)17-15-7-5-6-8-16(15)28-20(17)22-18(24)14-10-9-12(2)13(3)11-14/h9-11H,4-8H2,1-3H3,(H,22,24)(H,23,25,26). The average Bonchev–Trinajstić information content (AvgIpc) is 3.01. The number of imide groups is 1. The Morgan fingerprint density at radius 2 is 1.82 bits per heavy atom. The van der Waals surface area contributed by atoms with Crippen molar-refractivity contribution < 1.29 is 19.1 Å². The highest BCUT2D eigenvalue weighted by Gasteiger charge is 2.27. The molecule has 7 heteroatoms. The Morgan fingerprint density at radius 1 is 1.07 bits per heavy atom. The van der Waals surface area contributed by atoms with Crippen LogP contribution in [0.15, 0.2) is 18.2 Å². The van der Waals surface area contributed by atoms with Crippen molar-refractivity contribution in [3.05, 3.63) is 50.9 Å². The molecule has 28 heavy (non-hydrogen) atoms. The van der Waals surface area contributed by atoms with Crippen molar-refractivity contribution in [3.63, 3.8) is 0 Å². The number of benzene rings is 1. The van der Waals surface area contributed by atoms with E-state index in [9.17, 15) is 14.4 Å². The molecular weight excluding hydrogens is 376 g/mol. The summed E-state index contributed by atoms with van der Waals surface area (Å²) in [4.78, 5) is 38.3. The largest absolute Gasteiger partial charge is 0.450 e. The SMILES string of the molecule is CCOC(=O)NC(=O)c1c(NC(=O)c2ccc(C)c(C)c2)sc2c1CCCC2. The second-order valence-corrected chi connectivity index (χ2v) is 7.95. The van der Waals surface area contributed by atoms with Crippen LogP contribution in [0.4, 0.5) is 9.80 Å². The predicted octanol–water partition coefficient (Wildman–Crippen LogP) is 4.38. The van der Waals surface area contributed by atoms with Gasteiger partial charge in [0.05, 0.1) is 12.2 Å². The van der Waals surface area contributed by atoms with Crippen molar-refractivity contribution in [1.82, 2.24) is 5.32 Å². The molecule has 6 nitrogen and oxygen atoms in total. The van der Waals surface area contributed by atoms with Gasteiger partial charge in [0.2, 0.25) is 0 Å². The predicted molar refractivity (Wildman–Crippen MR) is 109 cm³/mol. The molecule has 0 saturated carbocycles. The third kappa shape index (κ3) is 4.25. The molecular formula is C21H24N2O4S. The van der Waals surface area contributed by atoms with Gasteiger partial charge in [-0.25, -0.2) is 4.79 Å². The van der Waals surface area contributed by atoms with E-state index >= 15 is 0 Å². The van der Waals surface area contributed by atoms with Crippen molar-refractivity contribution in [2.45, 2.75) is 46.5 Å². The zero-order chi connectivity index (χ0) is 20.3. The number of nitrogens with one attached hydrogen (secondary N) is 2. The van der Waals surface area contributed by atoms with Crippen LogP contribution in [0.1, 0.15) is 62.0 Å². The van der Waals surface area contributed by atoms with Crippen molar-refractivity contribution in [2.75, 3.05) is 11.9 Å². The number of hydrogen-bond donors (Lipinski definition) is 2. The molecule has 2 N–H and O–H groups in total. The first-order valence-electron chi connectivity index (χ1n) is 9.42. The monoisotopic (exact) mass is 400 g/mol. The number of alkyl carbamates (subject to hydrolysis) is 1. The fourth-order valence-corrected chi connectivity index (χ4v) is 4.56. The van der Waals surface area contributed by atoms with Gasteiger partial charge in [0, 0.05) is 10.4 Å². The number of anilines is 1. The lowest BCUT2D eigenvalue weighted by atomic mass is 9.95. The molecule has 1 aromatic carbocycles. The number of amides is 3. The van der Waals surface area contributed by atoms with Gasteiger partial charge >= 0.3 is 6.09 Å². The first-order valence-corrected chi connectivity index (χ1v) is 10.2. The van der Waals surface area contributed by atoms with Gasteiger partial charge in [-0.2, -0.15) is 0 Å². The molecule has 1 aromatic heterocycles. The fourth-order valence-electron chi connectivity index (χ4n) is 3.27. The smallest absolute Gasteiger partial charge is 0.414 e. The Balaban J connectivity index is 1.90. The number of rotatable bonds is 4. The van der Waals surface area contributed by atoms with Crippen LogP contribution < -0.4 is 10.6 Å². The number of hydrogen-bond acceptors (Lipinski definition) is 5. The molecule has 0 saturated heterocycles. The molecule has 0 spiro atoms. The number of carbonyl (C=O) groups is 3. The molecule has 0 radical (unpaired) electrons. The quantitative estimate of drug-likeness (QED) is 0.797. The summed E-state index contributed by atoms with van der Waals surface area (Å²) in [5.41, 5.74) is 3.97. The van der Waals surface area contributed by atoms with Crippen LogP contribution in [0.2, 0.25) is 0 Å². The van der Waals surface area contributed by atoms with Crippen LogP contribution in [0.5, 0.6) is 0 Å². The van der Waals surface area contributed by atoms with E-state index in [2.05, 4.69) is 10.6 Å². The molecule has 0 unspecified atom stereocenters. The summed E-state index contributed by atoms with van der Waals surface area (Å²) in [7, 11) is 0.